The monoisotopic (exact) mass is 307 g/mol. The van der Waals surface area contributed by atoms with Crippen LogP contribution >= 0.6 is 11.6 Å². The summed E-state index contributed by atoms with van der Waals surface area (Å²) >= 11 is 5.91. The molecule has 2 N–H and O–H groups in total. The van der Waals surface area contributed by atoms with Gasteiger partial charge in [0.25, 0.3) is 0 Å². The molecule has 21 heavy (non-hydrogen) atoms. The van der Waals surface area contributed by atoms with Crippen molar-refractivity contribution in [3.8, 4) is 0 Å². The number of nitrogens with zero attached hydrogens (tertiary/aromatic N) is 2. The lowest BCUT2D eigenvalue weighted by Gasteiger charge is -2.07. The highest BCUT2D eigenvalue weighted by atomic mass is 35.5. The minimum Gasteiger partial charge on any atom is -0.396 e. The van der Waals surface area contributed by atoms with Crippen LogP contribution in [0.2, 0.25) is 5.02 Å². The molecule has 5 heteroatoms. The molecular formula is C16H22ClN3O. The number of benzene rings is 1. The number of aliphatic hydroxyl groups excluding tert-OH is 1. The van der Waals surface area contributed by atoms with Crippen molar-refractivity contribution < 1.29 is 5.11 Å². The molecule has 0 atom stereocenters. The van der Waals surface area contributed by atoms with E-state index in [1.54, 1.807) is 0 Å². The molecule has 0 saturated heterocycles. The van der Waals surface area contributed by atoms with Gasteiger partial charge in [0.1, 0.15) is 0 Å². The van der Waals surface area contributed by atoms with E-state index < -0.39 is 0 Å². The summed E-state index contributed by atoms with van der Waals surface area (Å²) in [6.45, 7) is 6.71. The lowest BCUT2D eigenvalue weighted by atomic mass is 10.2. The van der Waals surface area contributed by atoms with Crippen LogP contribution in [-0.2, 0) is 13.1 Å². The molecule has 0 amide bonds. The van der Waals surface area contributed by atoms with Gasteiger partial charge in [-0.05, 0) is 44.5 Å². The first-order valence-corrected chi connectivity index (χ1v) is 7.58. The van der Waals surface area contributed by atoms with E-state index in [9.17, 15) is 0 Å². The molecular weight excluding hydrogens is 286 g/mol. The third kappa shape index (κ3) is 4.30. The summed E-state index contributed by atoms with van der Waals surface area (Å²) in [6, 6.07) is 7.86. The molecule has 0 aliphatic rings. The number of hydrogen-bond acceptors (Lipinski definition) is 3. The highest BCUT2D eigenvalue weighted by Crippen LogP contribution is 2.16. The highest BCUT2D eigenvalue weighted by Gasteiger charge is 2.11. The van der Waals surface area contributed by atoms with Crippen molar-refractivity contribution in [2.75, 3.05) is 13.2 Å². The summed E-state index contributed by atoms with van der Waals surface area (Å²) in [7, 11) is 0. The van der Waals surface area contributed by atoms with Crippen LogP contribution in [-0.4, -0.2) is 28.0 Å². The van der Waals surface area contributed by atoms with Gasteiger partial charge in [-0.2, -0.15) is 5.10 Å². The number of aryl methyl sites for hydroxylation is 1. The number of aromatic nitrogens is 2. The Hall–Kier alpha value is -1.36. The average Bonchev–Trinajstić information content (AvgIpc) is 2.73. The second-order valence-electron chi connectivity index (χ2n) is 5.19. The molecule has 4 nitrogen and oxygen atoms in total. The van der Waals surface area contributed by atoms with Gasteiger partial charge in [-0.15, -0.1) is 0 Å². The zero-order valence-electron chi connectivity index (χ0n) is 12.6. The molecule has 0 aliphatic carbocycles. The van der Waals surface area contributed by atoms with Crippen LogP contribution < -0.4 is 5.32 Å². The van der Waals surface area contributed by atoms with Crippen LogP contribution in [0.15, 0.2) is 24.3 Å². The number of halogens is 1. The summed E-state index contributed by atoms with van der Waals surface area (Å²) in [5, 5.41) is 17.5. The summed E-state index contributed by atoms with van der Waals surface area (Å²) in [5.74, 6) is 0. The second kappa shape index (κ2) is 7.59. The third-order valence-corrected chi connectivity index (χ3v) is 3.84. The maximum absolute atomic E-state index is 8.79. The zero-order chi connectivity index (χ0) is 15.2. The Balaban J connectivity index is 2.05. The lowest BCUT2D eigenvalue weighted by molar-refractivity contribution is 0.286. The topological polar surface area (TPSA) is 50.1 Å². The van der Waals surface area contributed by atoms with Gasteiger partial charge >= 0.3 is 0 Å². The highest BCUT2D eigenvalue weighted by molar-refractivity contribution is 6.30. The smallest absolute Gasteiger partial charge is 0.0662 e. The molecule has 0 aliphatic heterocycles. The minimum absolute atomic E-state index is 0.223. The van der Waals surface area contributed by atoms with E-state index in [0.29, 0.717) is 0 Å². The predicted molar refractivity (Wildman–Crippen MR) is 85.7 cm³/mol. The van der Waals surface area contributed by atoms with E-state index >= 15 is 0 Å². The van der Waals surface area contributed by atoms with Gasteiger partial charge in [0.05, 0.1) is 12.2 Å². The normalized spacial score (nSPS) is 11.0. The molecule has 0 unspecified atom stereocenters. The van der Waals surface area contributed by atoms with Gasteiger partial charge in [-0.25, -0.2) is 0 Å². The van der Waals surface area contributed by atoms with Crippen molar-refractivity contribution in [2.24, 2.45) is 0 Å². The molecule has 0 fully saturated rings. The Labute approximate surface area is 130 Å². The van der Waals surface area contributed by atoms with Crippen LogP contribution in [0.4, 0.5) is 0 Å². The number of nitrogens with one attached hydrogen (secondary N) is 1. The van der Waals surface area contributed by atoms with Gasteiger partial charge in [0, 0.05) is 29.4 Å². The molecule has 0 bridgehead atoms. The van der Waals surface area contributed by atoms with Crippen LogP contribution in [0.5, 0.6) is 0 Å². The first-order chi connectivity index (χ1) is 10.1. The van der Waals surface area contributed by atoms with Gasteiger partial charge in [0.2, 0.25) is 0 Å². The van der Waals surface area contributed by atoms with Gasteiger partial charge in [0.15, 0.2) is 0 Å². The van der Waals surface area contributed by atoms with E-state index in [2.05, 4.69) is 17.3 Å². The van der Waals surface area contributed by atoms with Gasteiger partial charge in [-0.1, -0.05) is 23.7 Å². The van der Waals surface area contributed by atoms with Crippen molar-refractivity contribution in [2.45, 2.75) is 33.4 Å². The Morgan fingerprint density at radius 1 is 1.24 bits per heavy atom. The van der Waals surface area contributed by atoms with Crippen LogP contribution in [0, 0.1) is 13.8 Å². The van der Waals surface area contributed by atoms with Crippen molar-refractivity contribution in [1.82, 2.24) is 15.1 Å². The third-order valence-electron chi connectivity index (χ3n) is 3.59. The molecule has 2 rings (SSSR count). The standard InChI is InChI=1S/C16H22ClN3O/c1-12-16(10-18-8-3-9-21)13(2)20(19-12)11-14-4-6-15(17)7-5-14/h4-7,18,21H,3,8-11H2,1-2H3. The molecule has 0 spiro atoms. The Kier molecular flexibility index (Phi) is 5.79. The van der Waals surface area contributed by atoms with E-state index in [1.807, 2.05) is 35.9 Å². The van der Waals surface area contributed by atoms with Gasteiger partial charge in [-0.3, -0.25) is 4.68 Å². The molecule has 0 radical (unpaired) electrons. The van der Waals surface area contributed by atoms with Crippen molar-refractivity contribution in [1.29, 1.82) is 0 Å². The quantitative estimate of drug-likeness (QED) is 0.773. The fourth-order valence-electron chi connectivity index (χ4n) is 2.32. The first-order valence-electron chi connectivity index (χ1n) is 7.20. The Morgan fingerprint density at radius 2 is 1.95 bits per heavy atom. The summed E-state index contributed by atoms with van der Waals surface area (Å²) < 4.78 is 2.03. The molecule has 1 aromatic carbocycles. The van der Waals surface area contributed by atoms with Crippen molar-refractivity contribution in [3.05, 3.63) is 51.8 Å². The van der Waals surface area contributed by atoms with E-state index in [4.69, 9.17) is 16.7 Å². The predicted octanol–water partition coefficient (Wildman–Crippen LogP) is 2.67. The minimum atomic E-state index is 0.223. The van der Waals surface area contributed by atoms with E-state index in [-0.39, 0.29) is 6.61 Å². The number of aliphatic hydroxyl groups is 1. The maximum Gasteiger partial charge on any atom is 0.0662 e. The second-order valence-corrected chi connectivity index (χ2v) is 5.62. The van der Waals surface area contributed by atoms with E-state index in [0.717, 1.165) is 36.8 Å². The fourth-order valence-corrected chi connectivity index (χ4v) is 2.45. The lowest BCUT2D eigenvalue weighted by Crippen LogP contribution is -2.16. The largest absolute Gasteiger partial charge is 0.396 e. The molecule has 1 aromatic heterocycles. The van der Waals surface area contributed by atoms with Crippen molar-refractivity contribution in [3.63, 3.8) is 0 Å². The summed E-state index contributed by atoms with van der Waals surface area (Å²) in [5.41, 5.74) is 4.66. The maximum atomic E-state index is 8.79. The average molecular weight is 308 g/mol. The molecule has 1 heterocycles. The Morgan fingerprint density at radius 3 is 2.62 bits per heavy atom. The van der Waals surface area contributed by atoms with Crippen LogP contribution in [0.1, 0.15) is 28.9 Å². The molecule has 0 saturated carbocycles. The number of hydrogen-bond donors (Lipinski definition) is 2. The number of rotatable bonds is 7. The SMILES string of the molecule is Cc1nn(Cc2ccc(Cl)cc2)c(C)c1CNCCCO. The van der Waals surface area contributed by atoms with Gasteiger partial charge < -0.3 is 10.4 Å². The Bertz CT molecular complexity index is 578. The fraction of sp³-hybridized carbons (Fsp3) is 0.438. The van der Waals surface area contributed by atoms with Crippen molar-refractivity contribution >= 4 is 11.6 Å². The van der Waals surface area contributed by atoms with E-state index in [1.165, 1.54) is 16.8 Å². The first kappa shape index (κ1) is 16.0. The zero-order valence-corrected chi connectivity index (χ0v) is 13.3. The molecule has 2 aromatic rings. The van der Waals surface area contributed by atoms with Crippen LogP contribution in [0.3, 0.4) is 0 Å². The summed E-state index contributed by atoms with van der Waals surface area (Å²) in [6.07, 6.45) is 0.775. The molecule has 114 valence electrons. The van der Waals surface area contributed by atoms with Crippen LogP contribution in [0.25, 0.3) is 0 Å². The summed E-state index contributed by atoms with van der Waals surface area (Å²) in [4.78, 5) is 0.